The fourth-order valence-corrected chi connectivity index (χ4v) is 8.16. The number of aliphatic carboxylic acids is 1. The second-order valence-electron chi connectivity index (χ2n) is 34.1. The summed E-state index contributed by atoms with van der Waals surface area (Å²) in [5, 5.41) is 34.8. The lowest BCUT2D eigenvalue weighted by Crippen LogP contribution is -2.52. The van der Waals surface area contributed by atoms with Crippen LogP contribution in [-0.4, -0.2) is 178 Å². The molecular formula is C83H171N13O17. The molecule has 0 aliphatic carbocycles. The molecule has 13 amide bonds. The summed E-state index contributed by atoms with van der Waals surface area (Å²) in [5.41, 5.74) is 23.2. The molecule has 0 fully saturated rings. The van der Waals surface area contributed by atoms with Crippen LogP contribution in [0.25, 0.3) is 0 Å². The molecule has 0 aromatic rings. The fraction of sp³-hybridized carbons (Fsp3) is 0.831. The number of carboxylic acid groups (broad SMARTS) is 1. The van der Waals surface area contributed by atoms with Crippen LogP contribution in [-0.2, 0) is 71.9 Å². The number of carbonyl (C=O) groups excluding carboxylic acids is 13. The standard InChI is InChI=1S/C11H22N2O2.2C10H20N2O2.C9H19NO2.C8H16N2O2.C8H17NO2.C8H17NO.C7H15NO.C6H13NO.C6H12O2/c1-9(2)5-6-10(14)12-8-7-11(15)13(3)4;1-7(2)5-10(3,4)9(14)12-6-8(11)13;1-7(2)5-6-8(13)12-10(3,4)9(11)14;1-8(2)4-5-9(11)10-6-7-12-3;1-6(2)3-4-8(12)10-5-7(9)11;1-7(2)3-4-8(11)9-5-6-10;1-6(2)5-8(3,4)7(9)10;1-6(2)4-5-7(9)8-3;2*1-5(2)3-4-6(7)8/h9H,5-8H2,1-4H3,(H,12,14);7H,5-6H2,1-4H3,(H2,11,13)(H,12,14);7H,5-6H2,1-4H3,(H2,11,14)(H,12,13);8H,4-7H2,1-3H3,(H,10,11);6H,3-5H2,1-2H3,(H2,9,11)(H,10,12);7,10H,3-6H2,1-2H3,(H,9,11);6H,5H2,1-4H3,(H2,9,10);6H,4-5H2,1-3H3,(H,8,9);5H,3-4H2,1-2H3,(H2,7,8);5H,3-4H2,1-2H3,(H,7,8). The minimum atomic E-state index is -0.950. The third-order valence-electron chi connectivity index (χ3n) is 15.2. The van der Waals surface area contributed by atoms with Crippen molar-refractivity contribution in [3.8, 4) is 0 Å². The number of nitrogens with one attached hydrogen (secondary N) is 7. The quantitative estimate of drug-likeness (QED) is 0.0252. The Morgan fingerprint density at radius 2 is 0.664 bits per heavy atom. The SMILES string of the molecule is CC(C)CC(C)(C)C(=O)NCC(N)=O.CC(C)CC(C)(C)C(N)=O.CC(C)CCC(=O)NC(C)(C)C(N)=O.CC(C)CCC(=O)NCC(N)=O.CC(C)CCC(=O)NCCC(=O)N(C)C.CC(C)CCC(=O)NCCO.CC(C)CCC(=O)O.CC(C)CCC(N)=O.CNC(=O)CCC(C)C.COCCNC(=O)CCC(C)C. The van der Waals surface area contributed by atoms with E-state index < -0.39 is 34.6 Å². The minimum absolute atomic E-state index is 0.0212. The summed E-state index contributed by atoms with van der Waals surface area (Å²) in [6, 6.07) is 0. The highest BCUT2D eigenvalue weighted by atomic mass is 16.5. The molecule has 670 valence electrons. The number of hydrogen-bond acceptors (Lipinski definition) is 16. The average molecular weight is 1620 g/mol. The zero-order valence-electron chi connectivity index (χ0n) is 76.5. The van der Waals surface area contributed by atoms with E-state index in [2.05, 4.69) is 134 Å². The maximum Gasteiger partial charge on any atom is 0.303 e. The molecule has 113 heavy (non-hydrogen) atoms. The summed E-state index contributed by atoms with van der Waals surface area (Å²) in [7, 11) is 6.72. The Morgan fingerprint density at radius 1 is 0.363 bits per heavy atom. The topological polar surface area (TPSA) is 506 Å². The third-order valence-corrected chi connectivity index (χ3v) is 15.2. The lowest BCUT2D eigenvalue weighted by molar-refractivity contribution is -0.137. The minimum Gasteiger partial charge on any atom is -0.481 e. The molecule has 0 saturated carbocycles. The lowest BCUT2D eigenvalue weighted by Gasteiger charge is -2.25. The highest BCUT2D eigenvalue weighted by Crippen LogP contribution is 2.26. The van der Waals surface area contributed by atoms with Gasteiger partial charge in [-0.2, -0.15) is 0 Å². The van der Waals surface area contributed by atoms with Gasteiger partial charge in [-0.05, 0) is 137 Å². The van der Waals surface area contributed by atoms with Crippen molar-refractivity contribution in [1.29, 1.82) is 0 Å². The first-order chi connectivity index (χ1) is 51.6. The van der Waals surface area contributed by atoms with Gasteiger partial charge in [0.1, 0.15) is 5.54 Å². The Bertz CT molecular complexity index is 2510. The van der Waals surface area contributed by atoms with Crippen LogP contribution in [0.4, 0.5) is 0 Å². The Hall–Kier alpha value is -7.50. The van der Waals surface area contributed by atoms with Gasteiger partial charge in [-0.25, -0.2) is 0 Å². The number of nitrogens with two attached hydrogens (primary N) is 5. The molecule has 30 heteroatoms. The number of primary amides is 5. The number of ether oxygens (including phenoxy) is 1. The molecule has 0 aliphatic heterocycles. The second-order valence-corrected chi connectivity index (χ2v) is 34.1. The number of methoxy groups -OCH3 is 1. The van der Waals surface area contributed by atoms with Gasteiger partial charge in [0.15, 0.2) is 0 Å². The molecule has 0 bridgehead atoms. The van der Waals surface area contributed by atoms with Crippen LogP contribution in [0.5, 0.6) is 0 Å². The van der Waals surface area contributed by atoms with Gasteiger partial charge < -0.3 is 85.7 Å². The Kier molecular flexibility index (Phi) is 87.6. The van der Waals surface area contributed by atoms with Gasteiger partial charge >= 0.3 is 5.97 Å². The van der Waals surface area contributed by atoms with Crippen LogP contribution in [0.3, 0.4) is 0 Å². The summed E-state index contributed by atoms with van der Waals surface area (Å²) < 4.78 is 4.80. The first kappa shape index (κ1) is 126. The lowest BCUT2D eigenvalue weighted by atomic mass is 9.83. The molecule has 0 heterocycles. The molecule has 19 N–H and O–H groups in total. The molecule has 0 rings (SSSR count). The van der Waals surface area contributed by atoms with E-state index in [1.165, 1.54) is 4.90 Å². The molecule has 0 aliphatic rings. The monoisotopic (exact) mass is 1620 g/mol. The van der Waals surface area contributed by atoms with Gasteiger partial charge in [0.2, 0.25) is 76.8 Å². The molecule has 0 spiro atoms. The van der Waals surface area contributed by atoms with E-state index >= 15 is 0 Å². The van der Waals surface area contributed by atoms with Gasteiger partial charge in [0, 0.05) is 117 Å². The van der Waals surface area contributed by atoms with E-state index in [4.69, 9.17) is 43.6 Å². The fourth-order valence-electron chi connectivity index (χ4n) is 8.16. The van der Waals surface area contributed by atoms with Gasteiger partial charge in [-0.3, -0.25) is 67.1 Å². The molecule has 0 unspecified atom stereocenters. The molecule has 0 atom stereocenters. The largest absolute Gasteiger partial charge is 0.481 e. The smallest absolute Gasteiger partial charge is 0.303 e. The summed E-state index contributed by atoms with van der Waals surface area (Å²) in [6.07, 6.45) is 13.3. The highest BCUT2D eigenvalue weighted by Gasteiger charge is 2.29. The van der Waals surface area contributed by atoms with E-state index in [1.54, 1.807) is 42.1 Å². The summed E-state index contributed by atoms with van der Waals surface area (Å²) in [4.78, 5) is 153. The van der Waals surface area contributed by atoms with Crippen molar-refractivity contribution >= 4 is 82.8 Å². The van der Waals surface area contributed by atoms with Crippen molar-refractivity contribution in [2.24, 2.45) is 98.7 Å². The molecule has 0 aromatic carbocycles. The van der Waals surface area contributed by atoms with Crippen LogP contribution in [0.15, 0.2) is 0 Å². The number of carbonyl (C=O) groups is 14. The summed E-state index contributed by atoms with van der Waals surface area (Å²) in [6.45, 7) is 54.0. The van der Waals surface area contributed by atoms with Crippen LogP contribution in [0.1, 0.15) is 302 Å². The van der Waals surface area contributed by atoms with E-state index in [1.807, 2.05) is 69.2 Å². The maximum atomic E-state index is 11.6. The predicted molar refractivity (Wildman–Crippen MR) is 456 cm³/mol. The van der Waals surface area contributed by atoms with E-state index in [-0.39, 0.29) is 84.2 Å². The molecular weight excluding hydrogens is 1450 g/mol. The van der Waals surface area contributed by atoms with Crippen molar-refractivity contribution in [2.45, 2.75) is 308 Å². The third kappa shape index (κ3) is 118. The van der Waals surface area contributed by atoms with Crippen molar-refractivity contribution in [2.75, 3.05) is 74.2 Å². The van der Waals surface area contributed by atoms with Gasteiger partial charge in [0.05, 0.1) is 26.3 Å². The van der Waals surface area contributed by atoms with Gasteiger partial charge in [-0.1, -0.05) is 166 Å². The predicted octanol–water partition coefficient (Wildman–Crippen LogP) is 9.35. The Balaban J connectivity index is -0.000000131. The van der Waals surface area contributed by atoms with E-state index in [0.29, 0.717) is 143 Å². The highest BCUT2D eigenvalue weighted by molar-refractivity contribution is 5.90. The zero-order valence-corrected chi connectivity index (χ0v) is 76.5. The molecule has 0 saturated heterocycles. The first-order valence-electron chi connectivity index (χ1n) is 40.4. The molecule has 0 aromatic heterocycles. The van der Waals surface area contributed by atoms with E-state index in [0.717, 1.165) is 64.2 Å². The maximum absolute atomic E-state index is 11.6. The molecule has 30 nitrogen and oxygen atoms in total. The van der Waals surface area contributed by atoms with Crippen molar-refractivity contribution < 1.29 is 82.1 Å². The first-order valence-corrected chi connectivity index (χ1v) is 40.4. The van der Waals surface area contributed by atoms with Crippen molar-refractivity contribution in [3.05, 3.63) is 0 Å². The average Bonchev–Trinajstić information content (AvgIpc) is 0.888. The zero-order chi connectivity index (χ0) is 91.0. The summed E-state index contributed by atoms with van der Waals surface area (Å²) in [5.74, 6) is 2.78. The van der Waals surface area contributed by atoms with E-state index in [9.17, 15) is 67.1 Å². The summed E-state index contributed by atoms with van der Waals surface area (Å²) >= 11 is 0. The number of amides is 13. The van der Waals surface area contributed by atoms with Crippen LogP contribution >= 0.6 is 0 Å². The number of aliphatic hydroxyl groups is 1. The number of rotatable bonds is 44. The second kappa shape index (κ2) is 78.4. The number of hydrogen-bond donors (Lipinski definition) is 14. The van der Waals surface area contributed by atoms with Crippen molar-refractivity contribution in [3.63, 3.8) is 0 Å². The van der Waals surface area contributed by atoms with Crippen LogP contribution < -0.4 is 65.9 Å². The normalized spacial score (nSPS) is 10.6. The molecule has 0 radical (unpaired) electrons. The van der Waals surface area contributed by atoms with Crippen LogP contribution in [0, 0.1) is 70.0 Å². The van der Waals surface area contributed by atoms with Gasteiger partial charge in [-0.15, -0.1) is 0 Å². The number of aliphatic hydroxyl groups excluding tert-OH is 1. The Labute approximate surface area is 684 Å². The number of carboxylic acids is 1. The Morgan fingerprint density at radius 3 is 0.920 bits per heavy atom. The van der Waals surface area contributed by atoms with Crippen molar-refractivity contribution in [1.82, 2.24) is 42.1 Å². The van der Waals surface area contributed by atoms with Crippen LogP contribution in [0.2, 0.25) is 0 Å². The van der Waals surface area contributed by atoms with Gasteiger partial charge in [0.25, 0.3) is 0 Å². The number of nitrogens with zero attached hydrogens (tertiary/aromatic N) is 1.